The Hall–Kier alpha value is 1.41. The van der Waals surface area contributed by atoms with E-state index in [1.54, 1.807) is 0 Å². The van der Waals surface area contributed by atoms with Crippen LogP contribution in [0.3, 0.4) is 0 Å². The van der Waals surface area contributed by atoms with E-state index in [0.717, 1.165) is 6.42 Å². The van der Waals surface area contributed by atoms with Gasteiger partial charge in [-0.25, -0.2) is 0 Å². The van der Waals surface area contributed by atoms with Crippen molar-refractivity contribution in [1.82, 2.24) is 0 Å². The van der Waals surface area contributed by atoms with Gasteiger partial charge in [0.25, 0.3) is 0 Å². The Morgan fingerprint density at radius 2 is 1.07 bits per heavy atom. The Morgan fingerprint density at radius 1 is 0.714 bits per heavy atom. The molecule has 1 nitrogen and oxygen atoms in total. The molecule has 0 aliphatic carbocycles. The van der Waals surface area contributed by atoms with E-state index in [1.807, 2.05) is 0 Å². The van der Waals surface area contributed by atoms with Crippen LogP contribution in [0.2, 0.25) is 0 Å². The van der Waals surface area contributed by atoms with Gasteiger partial charge in [-0.05, 0) is 0 Å². The Balaban J connectivity index is -0.000000167. The fraction of sp³-hybridized carbons (Fsp3) is 1.00. The molecule has 0 saturated heterocycles. The van der Waals surface area contributed by atoms with Gasteiger partial charge in [0, 0.05) is 25.8 Å². The molecule has 0 heterocycles. The Labute approximate surface area is 121 Å². The van der Waals surface area contributed by atoms with Gasteiger partial charge in [0.1, 0.15) is 0 Å². The summed E-state index contributed by atoms with van der Waals surface area (Å²) in [4.78, 5) is 0. The zero-order valence-electron chi connectivity index (χ0n) is 9.12. The Morgan fingerprint density at radius 3 is 1.43 bits per heavy atom. The molecular formula is C10H22Cl2HfN-3. The standard InChI is InChI=1S/C10H22N.2ClH.Hf/c1-2-3-4-5-6-7-8-9-10-11;;;/h11H,2-10H2,1H3;2*1H;/q-1;;;/p-2. The van der Waals surface area contributed by atoms with Crippen molar-refractivity contribution in [3.05, 3.63) is 5.73 Å². The third kappa shape index (κ3) is 23.3. The predicted molar refractivity (Wildman–Crippen MR) is 51.8 cm³/mol. The van der Waals surface area contributed by atoms with Crippen LogP contribution in [0.1, 0.15) is 58.3 Å². The SMILES string of the molecule is CCCCCCCCCC[NH-].[Cl-].[Cl-].[Hf]. The number of unbranched alkanes of at least 4 members (excludes halogenated alkanes) is 7. The molecule has 1 N–H and O–H groups in total. The first-order valence-electron chi connectivity index (χ1n) is 5.06. The molecule has 0 aromatic heterocycles. The van der Waals surface area contributed by atoms with E-state index >= 15 is 0 Å². The van der Waals surface area contributed by atoms with Crippen molar-refractivity contribution in [3.63, 3.8) is 0 Å². The summed E-state index contributed by atoms with van der Waals surface area (Å²) >= 11 is 0. The molecule has 0 fully saturated rings. The normalized spacial score (nSPS) is 8.14. The van der Waals surface area contributed by atoms with E-state index in [4.69, 9.17) is 5.73 Å². The summed E-state index contributed by atoms with van der Waals surface area (Å²) in [5.41, 5.74) is 6.95. The van der Waals surface area contributed by atoms with Crippen LogP contribution in [-0.4, -0.2) is 6.54 Å². The topological polar surface area (TPSA) is 23.8 Å². The minimum Gasteiger partial charge on any atom is -1.00 e. The smallest absolute Gasteiger partial charge is 0 e. The molecule has 0 atom stereocenters. The van der Waals surface area contributed by atoms with Gasteiger partial charge < -0.3 is 30.5 Å². The van der Waals surface area contributed by atoms with Gasteiger partial charge in [0.05, 0.1) is 0 Å². The molecule has 0 bridgehead atoms. The molecule has 0 unspecified atom stereocenters. The largest absolute Gasteiger partial charge is 1.00 e. The first kappa shape index (κ1) is 24.6. The summed E-state index contributed by atoms with van der Waals surface area (Å²) in [6.45, 7) is 2.87. The molecule has 0 saturated carbocycles. The molecule has 4 heteroatoms. The summed E-state index contributed by atoms with van der Waals surface area (Å²) in [6, 6.07) is 0. The summed E-state index contributed by atoms with van der Waals surface area (Å²) in [5, 5.41) is 0. The first-order valence-corrected chi connectivity index (χ1v) is 5.06. The molecule has 0 aromatic rings. The van der Waals surface area contributed by atoms with Gasteiger partial charge in [-0.1, -0.05) is 58.3 Å². The zero-order chi connectivity index (χ0) is 8.36. The molecule has 0 rings (SSSR count). The van der Waals surface area contributed by atoms with Crippen molar-refractivity contribution in [2.24, 2.45) is 0 Å². The molecule has 0 spiro atoms. The third-order valence-electron chi connectivity index (χ3n) is 2.03. The second kappa shape index (κ2) is 23.9. The minimum absolute atomic E-state index is 0. The number of hydrogen-bond acceptors (Lipinski definition) is 0. The van der Waals surface area contributed by atoms with E-state index in [0.29, 0.717) is 6.54 Å². The van der Waals surface area contributed by atoms with Gasteiger partial charge >= 0.3 is 0 Å². The van der Waals surface area contributed by atoms with Gasteiger partial charge in [-0.15, -0.1) is 0 Å². The molecule has 0 aromatic carbocycles. The molecular weight excluding hydrogens is 384 g/mol. The van der Waals surface area contributed by atoms with Crippen molar-refractivity contribution in [1.29, 1.82) is 0 Å². The molecule has 0 amide bonds. The van der Waals surface area contributed by atoms with Crippen molar-refractivity contribution in [3.8, 4) is 0 Å². The summed E-state index contributed by atoms with van der Waals surface area (Å²) < 4.78 is 0. The van der Waals surface area contributed by atoms with E-state index < -0.39 is 0 Å². The van der Waals surface area contributed by atoms with Crippen LogP contribution in [0.5, 0.6) is 0 Å². The zero-order valence-corrected chi connectivity index (χ0v) is 14.2. The molecule has 0 aliphatic heterocycles. The average molecular weight is 406 g/mol. The molecule has 88 valence electrons. The Kier molecular flexibility index (Phi) is 42.0. The van der Waals surface area contributed by atoms with Crippen molar-refractivity contribution in [2.45, 2.75) is 58.3 Å². The maximum Gasteiger partial charge on any atom is 0 e. The van der Waals surface area contributed by atoms with Crippen molar-refractivity contribution >= 4 is 0 Å². The fourth-order valence-corrected chi connectivity index (χ4v) is 1.26. The van der Waals surface area contributed by atoms with E-state index in [1.165, 1.54) is 44.9 Å². The first-order chi connectivity index (χ1) is 5.41. The van der Waals surface area contributed by atoms with Crippen molar-refractivity contribution < 1.29 is 50.7 Å². The number of hydrogen-bond donors (Lipinski definition) is 0. The fourth-order valence-electron chi connectivity index (χ4n) is 1.26. The average Bonchev–Trinajstić information content (AvgIpc) is 2.03. The van der Waals surface area contributed by atoms with E-state index in [-0.39, 0.29) is 50.7 Å². The van der Waals surface area contributed by atoms with Gasteiger partial charge in [0.2, 0.25) is 0 Å². The Bertz CT molecular complexity index is 67.1. The van der Waals surface area contributed by atoms with Crippen LogP contribution in [0.25, 0.3) is 5.73 Å². The molecule has 14 heavy (non-hydrogen) atoms. The van der Waals surface area contributed by atoms with Gasteiger partial charge in [-0.2, -0.15) is 6.54 Å². The summed E-state index contributed by atoms with van der Waals surface area (Å²) in [7, 11) is 0. The third-order valence-corrected chi connectivity index (χ3v) is 2.03. The van der Waals surface area contributed by atoms with Crippen LogP contribution >= 0.6 is 0 Å². The van der Waals surface area contributed by atoms with E-state index in [9.17, 15) is 0 Å². The van der Waals surface area contributed by atoms with E-state index in [2.05, 4.69) is 6.92 Å². The summed E-state index contributed by atoms with van der Waals surface area (Å²) in [5.74, 6) is 0. The minimum atomic E-state index is 0. The maximum atomic E-state index is 6.95. The quantitative estimate of drug-likeness (QED) is 0.336. The van der Waals surface area contributed by atoms with Gasteiger partial charge in [0.15, 0.2) is 0 Å². The van der Waals surface area contributed by atoms with Crippen molar-refractivity contribution in [2.75, 3.05) is 6.54 Å². The van der Waals surface area contributed by atoms with Crippen LogP contribution in [0, 0.1) is 0 Å². The predicted octanol–water partition coefficient (Wildman–Crippen LogP) is -1.82. The second-order valence-electron chi connectivity index (χ2n) is 3.22. The van der Waals surface area contributed by atoms with Crippen LogP contribution in [-0.2, 0) is 25.8 Å². The number of halogens is 2. The monoisotopic (exact) mass is 406 g/mol. The summed E-state index contributed by atoms with van der Waals surface area (Å²) in [6.07, 6.45) is 10.7. The van der Waals surface area contributed by atoms with Crippen LogP contribution in [0.15, 0.2) is 0 Å². The second-order valence-corrected chi connectivity index (χ2v) is 3.22. The van der Waals surface area contributed by atoms with Crippen LogP contribution in [0.4, 0.5) is 0 Å². The number of rotatable bonds is 8. The molecule has 0 aliphatic rings. The number of nitrogens with one attached hydrogen (secondary N) is 1. The molecule has 0 radical (unpaired) electrons. The van der Waals surface area contributed by atoms with Gasteiger partial charge in [-0.3, -0.25) is 0 Å². The maximum absolute atomic E-state index is 6.95. The van der Waals surface area contributed by atoms with Crippen LogP contribution < -0.4 is 24.8 Å².